The molecule has 3 rings (SSSR count). The first-order chi connectivity index (χ1) is 11.4. The van der Waals surface area contributed by atoms with Gasteiger partial charge in [-0.2, -0.15) is 13.2 Å². The van der Waals surface area contributed by atoms with Crippen LogP contribution in [0, 0.1) is 0 Å². The Balaban J connectivity index is 1.99. The van der Waals surface area contributed by atoms with Gasteiger partial charge in [0.25, 0.3) is 9.84 Å². The highest BCUT2D eigenvalue weighted by molar-refractivity contribution is 7.92. The van der Waals surface area contributed by atoms with Gasteiger partial charge in [-0.25, -0.2) is 22.0 Å². The number of alkyl halides is 3. The molecular weight excluding hydrogens is 387 g/mol. The van der Waals surface area contributed by atoms with Crippen LogP contribution in [0.1, 0.15) is 0 Å². The SMILES string of the molecule is NS(=O)(=O)c1ccc(NCC23CN2CCO3)c(S(=O)(=O)C(F)(F)F)c1. The standard InChI is InChI=1S/C12H14F3N3O5S2/c13-12(14,15)24(19,20)10-5-8(25(16,21)22)1-2-9(10)17-6-11-7-18(11)3-4-23-11/h1-2,5,17H,3-4,6-7H2,(H2,16,21,22). The third kappa shape index (κ3) is 3.21. The van der Waals surface area contributed by atoms with E-state index in [0.717, 1.165) is 12.1 Å². The molecule has 0 aromatic heterocycles. The second-order valence-electron chi connectivity index (χ2n) is 5.72. The molecule has 0 bridgehead atoms. The Labute approximate surface area is 141 Å². The van der Waals surface area contributed by atoms with Gasteiger partial charge in [0.2, 0.25) is 10.0 Å². The Morgan fingerprint density at radius 2 is 1.96 bits per heavy atom. The van der Waals surface area contributed by atoms with Gasteiger partial charge < -0.3 is 10.1 Å². The lowest BCUT2D eigenvalue weighted by Crippen LogP contribution is -2.29. The zero-order chi connectivity index (χ0) is 18.7. The Hall–Kier alpha value is -1.41. The van der Waals surface area contributed by atoms with Crippen LogP contribution in [-0.2, 0) is 24.6 Å². The number of primary sulfonamides is 1. The van der Waals surface area contributed by atoms with Gasteiger partial charge in [0.1, 0.15) is 4.90 Å². The zero-order valence-electron chi connectivity index (χ0n) is 12.6. The van der Waals surface area contributed by atoms with E-state index in [0.29, 0.717) is 25.8 Å². The molecule has 3 N–H and O–H groups in total. The molecule has 0 saturated carbocycles. The molecule has 140 valence electrons. The Kier molecular flexibility index (Phi) is 4.07. The summed E-state index contributed by atoms with van der Waals surface area (Å²) in [5, 5.41) is 7.49. The molecule has 0 amide bonds. The normalized spacial score (nSPS) is 26.3. The fourth-order valence-corrected chi connectivity index (χ4v) is 4.23. The maximum Gasteiger partial charge on any atom is 0.501 e. The number of nitrogens with two attached hydrogens (primary N) is 1. The van der Waals surface area contributed by atoms with Crippen LogP contribution in [0.4, 0.5) is 18.9 Å². The third-order valence-corrected chi connectivity index (χ3v) is 6.51. The fraction of sp³-hybridized carbons (Fsp3) is 0.500. The number of benzene rings is 1. The van der Waals surface area contributed by atoms with Crippen LogP contribution in [0.25, 0.3) is 0 Å². The molecule has 2 unspecified atom stereocenters. The number of nitrogens with zero attached hydrogens (tertiary/aromatic N) is 1. The molecule has 2 aliphatic rings. The van der Waals surface area contributed by atoms with Crippen molar-refractivity contribution in [2.24, 2.45) is 5.14 Å². The number of hydrogen-bond acceptors (Lipinski definition) is 7. The number of hydrogen-bond donors (Lipinski definition) is 2. The van der Waals surface area contributed by atoms with Gasteiger partial charge in [-0.15, -0.1) is 0 Å². The molecule has 13 heteroatoms. The van der Waals surface area contributed by atoms with E-state index in [4.69, 9.17) is 9.88 Å². The van der Waals surface area contributed by atoms with E-state index in [1.165, 1.54) is 0 Å². The van der Waals surface area contributed by atoms with Crippen molar-refractivity contribution in [3.8, 4) is 0 Å². The van der Waals surface area contributed by atoms with Crippen molar-refractivity contribution in [1.82, 2.24) is 4.90 Å². The van der Waals surface area contributed by atoms with Crippen molar-refractivity contribution in [3.05, 3.63) is 18.2 Å². The van der Waals surface area contributed by atoms with Crippen LogP contribution in [-0.4, -0.2) is 59.2 Å². The molecule has 2 saturated heterocycles. The lowest BCUT2D eigenvalue weighted by Gasteiger charge is -2.18. The molecule has 0 aliphatic carbocycles. The summed E-state index contributed by atoms with van der Waals surface area (Å²) in [6.07, 6.45) is 0. The fourth-order valence-electron chi connectivity index (χ4n) is 2.65. The molecule has 1 aromatic rings. The highest BCUT2D eigenvalue weighted by atomic mass is 32.2. The van der Waals surface area contributed by atoms with Crippen LogP contribution in [0.3, 0.4) is 0 Å². The zero-order valence-corrected chi connectivity index (χ0v) is 14.2. The van der Waals surface area contributed by atoms with E-state index in [1.807, 2.05) is 4.90 Å². The average molecular weight is 401 g/mol. The minimum atomic E-state index is -5.78. The summed E-state index contributed by atoms with van der Waals surface area (Å²) in [4.78, 5) is -0.00581. The summed E-state index contributed by atoms with van der Waals surface area (Å²) < 4.78 is 90.6. The van der Waals surface area contributed by atoms with Crippen molar-refractivity contribution >= 4 is 25.5 Å². The second-order valence-corrected chi connectivity index (χ2v) is 9.19. The quantitative estimate of drug-likeness (QED) is 0.671. The van der Waals surface area contributed by atoms with E-state index in [2.05, 4.69) is 5.32 Å². The van der Waals surface area contributed by atoms with E-state index in [1.54, 1.807) is 0 Å². The third-order valence-electron chi connectivity index (χ3n) is 4.07. The largest absolute Gasteiger partial charge is 0.501 e. The lowest BCUT2D eigenvalue weighted by atomic mass is 10.3. The predicted molar refractivity (Wildman–Crippen MR) is 79.8 cm³/mol. The number of morpholine rings is 1. The summed E-state index contributed by atoms with van der Waals surface area (Å²) in [5.74, 6) is 0. The topological polar surface area (TPSA) is 119 Å². The molecule has 2 atom stereocenters. The van der Waals surface area contributed by atoms with Crippen LogP contribution >= 0.6 is 0 Å². The van der Waals surface area contributed by atoms with Crippen molar-refractivity contribution in [3.63, 3.8) is 0 Å². The molecule has 2 fully saturated rings. The van der Waals surface area contributed by atoms with E-state index in [9.17, 15) is 30.0 Å². The Morgan fingerprint density at radius 1 is 1.28 bits per heavy atom. The minimum Gasteiger partial charge on any atom is -0.380 e. The van der Waals surface area contributed by atoms with Gasteiger partial charge >= 0.3 is 5.51 Å². The maximum absolute atomic E-state index is 12.9. The molecule has 2 aliphatic heterocycles. The number of sulfonamides is 1. The summed E-state index contributed by atoms with van der Waals surface area (Å²) in [7, 11) is -10.2. The molecule has 8 nitrogen and oxygen atoms in total. The first kappa shape index (κ1) is 18.4. The Bertz CT molecular complexity index is 916. The smallest absolute Gasteiger partial charge is 0.380 e. The lowest BCUT2D eigenvalue weighted by molar-refractivity contribution is -0.0435. The van der Waals surface area contributed by atoms with Crippen LogP contribution in [0.2, 0.25) is 0 Å². The Morgan fingerprint density at radius 3 is 2.44 bits per heavy atom. The number of sulfone groups is 1. The van der Waals surface area contributed by atoms with Gasteiger partial charge in [-0.05, 0) is 18.2 Å². The summed E-state index contributed by atoms with van der Waals surface area (Å²) in [6, 6.07) is 2.28. The predicted octanol–water partition coefficient (Wildman–Crippen LogP) is 0.0815. The van der Waals surface area contributed by atoms with Crippen molar-refractivity contribution in [1.29, 1.82) is 0 Å². The molecule has 2 heterocycles. The number of nitrogens with one attached hydrogen (secondary N) is 1. The first-order valence-electron chi connectivity index (χ1n) is 6.98. The average Bonchev–Trinajstić information content (AvgIpc) is 3.03. The second kappa shape index (κ2) is 5.54. The molecule has 1 aromatic carbocycles. The highest BCUT2D eigenvalue weighted by Gasteiger charge is 2.57. The first-order valence-corrected chi connectivity index (χ1v) is 10.0. The molecule has 0 spiro atoms. The van der Waals surface area contributed by atoms with E-state index in [-0.39, 0.29) is 12.2 Å². The summed E-state index contributed by atoms with van der Waals surface area (Å²) in [5.41, 5.74) is -6.62. The monoisotopic (exact) mass is 401 g/mol. The highest BCUT2D eigenvalue weighted by Crippen LogP contribution is 2.40. The number of halogens is 3. The maximum atomic E-state index is 12.9. The van der Waals surface area contributed by atoms with Gasteiger partial charge in [0, 0.05) is 13.1 Å². The van der Waals surface area contributed by atoms with Crippen LogP contribution in [0.5, 0.6) is 0 Å². The number of anilines is 1. The molecule has 25 heavy (non-hydrogen) atoms. The molecular formula is C12H14F3N3O5S2. The van der Waals surface area contributed by atoms with Gasteiger partial charge in [-0.1, -0.05) is 0 Å². The van der Waals surface area contributed by atoms with Crippen molar-refractivity contribution in [2.75, 3.05) is 31.6 Å². The number of fused-ring (bicyclic) bond motifs is 1. The number of rotatable bonds is 5. The van der Waals surface area contributed by atoms with Gasteiger partial charge in [0.15, 0.2) is 5.72 Å². The van der Waals surface area contributed by atoms with Crippen LogP contribution < -0.4 is 10.5 Å². The van der Waals surface area contributed by atoms with Gasteiger partial charge in [-0.3, -0.25) is 4.90 Å². The van der Waals surface area contributed by atoms with Crippen molar-refractivity contribution in [2.45, 2.75) is 21.0 Å². The van der Waals surface area contributed by atoms with E-state index < -0.39 is 40.9 Å². The van der Waals surface area contributed by atoms with E-state index >= 15 is 0 Å². The van der Waals surface area contributed by atoms with Crippen LogP contribution in [0.15, 0.2) is 28.0 Å². The van der Waals surface area contributed by atoms with Crippen molar-refractivity contribution < 1.29 is 34.7 Å². The summed E-state index contributed by atoms with van der Waals surface area (Å²) >= 11 is 0. The number of ether oxygens (including phenoxy) is 1. The molecule has 0 radical (unpaired) electrons. The minimum absolute atomic E-state index is 0.0576. The summed E-state index contributed by atoms with van der Waals surface area (Å²) in [6.45, 7) is 1.79. The van der Waals surface area contributed by atoms with Gasteiger partial charge in [0.05, 0.1) is 23.7 Å².